The molecule has 0 radical (unpaired) electrons. The Hall–Kier alpha value is -2.88. The molecular weight excluding hydrogens is 346 g/mol. The molecule has 28 heavy (non-hydrogen) atoms. The molecular formula is C24H29N3O. The Morgan fingerprint density at radius 1 is 1.07 bits per heavy atom. The van der Waals surface area contributed by atoms with Gasteiger partial charge in [-0.25, -0.2) is 0 Å². The van der Waals surface area contributed by atoms with Gasteiger partial charge in [0.2, 0.25) is 0 Å². The van der Waals surface area contributed by atoms with Crippen molar-refractivity contribution in [2.45, 2.75) is 46.2 Å². The normalized spacial score (nSPS) is 12.0. The Labute approximate surface area is 167 Å². The van der Waals surface area contributed by atoms with Crippen LogP contribution in [0.1, 0.15) is 46.2 Å². The summed E-state index contributed by atoms with van der Waals surface area (Å²) in [4.78, 5) is 15.4. The van der Waals surface area contributed by atoms with Crippen molar-refractivity contribution >= 4 is 5.91 Å². The molecule has 0 N–H and O–H groups in total. The van der Waals surface area contributed by atoms with Crippen LogP contribution in [0.5, 0.6) is 0 Å². The van der Waals surface area contributed by atoms with Crippen LogP contribution >= 0.6 is 0 Å². The average Bonchev–Trinajstić information content (AvgIpc) is 3.04. The first kappa shape index (κ1) is 19.9. The number of hydrogen-bond donors (Lipinski definition) is 0. The maximum absolute atomic E-state index is 13.4. The van der Waals surface area contributed by atoms with E-state index in [1.54, 1.807) is 4.68 Å². The summed E-state index contributed by atoms with van der Waals surface area (Å²) in [6, 6.07) is 20.7. The van der Waals surface area contributed by atoms with Gasteiger partial charge in [-0.2, -0.15) is 5.10 Å². The van der Waals surface area contributed by atoms with Crippen LogP contribution in [0.25, 0.3) is 0 Å². The third-order valence-electron chi connectivity index (χ3n) is 5.31. The highest BCUT2D eigenvalue weighted by Gasteiger charge is 2.25. The largest absolute Gasteiger partial charge is 0.330 e. The lowest BCUT2D eigenvalue weighted by molar-refractivity contribution is 0.0655. The Kier molecular flexibility index (Phi) is 6.30. The molecule has 0 saturated heterocycles. The monoisotopic (exact) mass is 375 g/mol. The summed E-state index contributed by atoms with van der Waals surface area (Å²) in [7, 11) is 1.83. The summed E-state index contributed by atoms with van der Waals surface area (Å²) in [5.74, 6) is 0.0342. The quantitative estimate of drug-likeness (QED) is 0.600. The minimum absolute atomic E-state index is 0.0342. The van der Waals surface area contributed by atoms with Crippen molar-refractivity contribution in [3.63, 3.8) is 0 Å². The van der Waals surface area contributed by atoms with Crippen LogP contribution < -0.4 is 0 Å². The molecule has 3 aromatic rings. The first-order chi connectivity index (χ1) is 13.5. The van der Waals surface area contributed by atoms with Crippen molar-refractivity contribution in [2.75, 3.05) is 0 Å². The molecule has 0 fully saturated rings. The van der Waals surface area contributed by atoms with Crippen LogP contribution in [0.4, 0.5) is 0 Å². The van der Waals surface area contributed by atoms with Crippen LogP contribution in [0.15, 0.2) is 60.7 Å². The molecule has 0 aliphatic heterocycles. The van der Waals surface area contributed by atoms with Gasteiger partial charge in [0, 0.05) is 19.6 Å². The number of amides is 1. The number of benzene rings is 2. The predicted octanol–water partition coefficient (Wildman–Crippen LogP) is 4.70. The molecule has 0 aliphatic rings. The number of aryl methyl sites for hydroxylation is 4. The smallest absolute Gasteiger partial charge is 0.272 e. The average molecular weight is 376 g/mol. The van der Waals surface area contributed by atoms with Crippen molar-refractivity contribution in [3.05, 3.63) is 88.7 Å². The second-order valence-electron chi connectivity index (χ2n) is 7.53. The van der Waals surface area contributed by atoms with E-state index in [2.05, 4.69) is 55.3 Å². The van der Waals surface area contributed by atoms with Crippen LogP contribution in [-0.4, -0.2) is 26.6 Å². The third-order valence-corrected chi connectivity index (χ3v) is 5.31. The van der Waals surface area contributed by atoms with E-state index in [1.807, 2.05) is 43.1 Å². The SMILES string of the molecule is Cc1cc(C(=O)N(Cc2ccccc2C)[C@@H](C)CCc2ccccc2)n(C)n1. The zero-order valence-corrected chi connectivity index (χ0v) is 17.2. The van der Waals surface area contributed by atoms with Gasteiger partial charge in [-0.15, -0.1) is 0 Å². The summed E-state index contributed by atoms with van der Waals surface area (Å²) >= 11 is 0. The van der Waals surface area contributed by atoms with E-state index < -0.39 is 0 Å². The molecule has 3 rings (SSSR count). The molecule has 2 aromatic carbocycles. The van der Waals surface area contributed by atoms with Crippen LogP contribution in [0, 0.1) is 13.8 Å². The molecule has 146 valence electrons. The van der Waals surface area contributed by atoms with Gasteiger partial charge in [0.25, 0.3) is 5.91 Å². The molecule has 4 heteroatoms. The van der Waals surface area contributed by atoms with E-state index in [4.69, 9.17) is 0 Å². The summed E-state index contributed by atoms with van der Waals surface area (Å²) in [6.45, 7) is 6.76. The lowest BCUT2D eigenvalue weighted by atomic mass is 10.0. The van der Waals surface area contributed by atoms with E-state index >= 15 is 0 Å². The molecule has 1 heterocycles. The summed E-state index contributed by atoms with van der Waals surface area (Å²) < 4.78 is 1.69. The highest BCUT2D eigenvalue weighted by atomic mass is 16.2. The number of aromatic nitrogens is 2. The fourth-order valence-corrected chi connectivity index (χ4v) is 3.53. The van der Waals surface area contributed by atoms with Gasteiger partial charge in [-0.05, 0) is 56.4 Å². The summed E-state index contributed by atoms with van der Waals surface area (Å²) in [5, 5.41) is 4.36. The van der Waals surface area contributed by atoms with Gasteiger partial charge in [-0.1, -0.05) is 54.6 Å². The molecule has 0 aliphatic carbocycles. The predicted molar refractivity (Wildman–Crippen MR) is 113 cm³/mol. The van der Waals surface area contributed by atoms with E-state index in [0.29, 0.717) is 12.2 Å². The number of carbonyl (C=O) groups excluding carboxylic acids is 1. The number of nitrogens with zero attached hydrogens (tertiary/aromatic N) is 3. The van der Waals surface area contributed by atoms with Crippen molar-refractivity contribution in [2.24, 2.45) is 7.05 Å². The summed E-state index contributed by atoms with van der Waals surface area (Å²) in [5.41, 5.74) is 5.18. The maximum Gasteiger partial charge on any atom is 0.272 e. The number of carbonyl (C=O) groups is 1. The third kappa shape index (κ3) is 4.69. The molecule has 4 nitrogen and oxygen atoms in total. The van der Waals surface area contributed by atoms with E-state index in [9.17, 15) is 4.79 Å². The van der Waals surface area contributed by atoms with Crippen molar-refractivity contribution < 1.29 is 4.79 Å². The lowest BCUT2D eigenvalue weighted by Gasteiger charge is -2.30. The van der Waals surface area contributed by atoms with Gasteiger partial charge in [0.15, 0.2) is 0 Å². The Morgan fingerprint density at radius 2 is 1.75 bits per heavy atom. The zero-order chi connectivity index (χ0) is 20.1. The molecule has 1 aromatic heterocycles. The lowest BCUT2D eigenvalue weighted by Crippen LogP contribution is -2.39. The molecule has 1 atom stereocenters. The Morgan fingerprint density at radius 3 is 2.39 bits per heavy atom. The van der Waals surface area contributed by atoms with Gasteiger partial charge >= 0.3 is 0 Å². The van der Waals surface area contributed by atoms with Gasteiger partial charge in [-0.3, -0.25) is 9.48 Å². The Balaban J connectivity index is 1.83. The first-order valence-electron chi connectivity index (χ1n) is 9.85. The minimum Gasteiger partial charge on any atom is -0.330 e. The minimum atomic E-state index is 0.0342. The molecule has 0 unspecified atom stereocenters. The molecule has 1 amide bonds. The van der Waals surface area contributed by atoms with Gasteiger partial charge in [0.05, 0.1) is 5.69 Å². The molecule has 0 bridgehead atoms. The fourth-order valence-electron chi connectivity index (χ4n) is 3.53. The second-order valence-corrected chi connectivity index (χ2v) is 7.53. The van der Waals surface area contributed by atoms with E-state index in [1.165, 1.54) is 16.7 Å². The van der Waals surface area contributed by atoms with E-state index in [0.717, 1.165) is 18.5 Å². The Bertz CT molecular complexity index is 930. The van der Waals surface area contributed by atoms with E-state index in [-0.39, 0.29) is 11.9 Å². The summed E-state index contributed by atoms with van der Waals surface area (Å²) in [6.07, 6.45) is 1.86. The maximum atomic E-state index is 13.4. The fraction of sp³-hybridized carbons (Fsp3) is 0.333. The molecule has 0 saturated carbocycles. The number of rotatable bonds is 7. The molecule has 0 spiro atoms. The zero-order valence-electron chi connectivity index (χ0n) is 17.2. The van der Waals surface area contributed by atoms with Crippen LogP contribution in [0.2, 0.25) is 0 Å². The van der Waals surface area contributed by atoms with Crippen LogP contribution in [-0.2, 0) is 20.0 Å². The van der Waals surface area contributed by atoms with Gasteiger partial charge in [0.1, 0.15) is 5.69 Å². The first-order valence-corrected chi connectivity index (χ1v) is 9.85. The van der Waals surface area contributed by atoms with Crippen molar-refractivity contribution in [1.29, 1.82) is 0 Å². The van der Waals surface area contributed by atoms with Crippen molar-refractivity contribution in [3.8, 4) is 0 Å². The second kappa shape index (κ2) is 8.87. The van der Waals surface area contributed by atoms with Gasteiger partial charge < -0.3 is 4.90 Å². The topological polar surface area (TPSA) is 38.1 Å². The van der Waals surface area contributed by atoms with Crippen LogP contribution in [0.3, 0.4) is 0 Å². The highest BCUT2D eigenvalue weighted by Crippen LogP contribution is 2.19. The highest BCUT2D eigenvalue weighted by molar-refractivity contribution is 5.93. The van der Waals surface area contributed by atoms with Crippen molar-refractivity contribution in [1.82, 2.24) is 14.7 Å². The number of hydrogen-bond acceptors (Lipinski definition) is 2. The standard InChI is InChI=1S/C24H29N3O/c1-18-10-8-9-13-22(18)17-27(24(28)23-16-19(2)25-26(23)4)20(3)14-15-21-11-6-5-7-12-21/h5-13,16,20H,14-15,17H2,1-4H3/t20-/m0/s1.